The fourth-order valence-electron chi connectivity index (χ4n) is 5.87. The van der Waals surface area contributed by atoms with Crippen molar-refractivity contribution in [2.45, 2.75) is 18.9 Å². The fourth-order valence-corrected chi connectivity index (χ4v) is 7.31. The number of sulfonamides is 1. The highest BCUT2D eigenvalue weighted by Gasteiger charge is 2.29. The molecule has 2 aromatic heterocycles. The zero-order valence-corrected chi connectivity index (χ0v) is 29.5. The summed E-state index contributed by atoms with van der Waals surface area (Å²) in [5.41, 5.74) is -0.485. The van der Waals surface area contributed by atoms with Crippen molar-refractivity contribution in [2.24, 2.45) is 7.05 Å². The second kappa shape index (κ2) is 14.4. The van der Waals surface area contributed by atoms with Gasteiger partial charge in [0.2, 0.25) is 10.0 Å². The van der Waals surface area contributed by atoms with Gasteiger partial charge < -0.3 is 15.2 Å². The predicted molar refractivity (Wildman–Crippen MR) is 190 cm³/mol. The molecule has 2 heterocycles. The second-order valence-electron chi connectivity index (χ2n) is 11.6. The van der Waals surface area contributed by atoms with Gasteiger partial charge in [-0.3, -0.25) is 18.8 Å². The Labute approximate surface area is 303 Å². The number of benzene rings is 4. The topological polar surface area (TPSA) is 157 Å². The summed E-state index contributed by atoms with van der Waals surface area (Å²) in [5.74, 6) is -3.19. The van der Waals surface area contributed by atoms with Crippen molar-refractivity contribution in [3.8, 4) is 11.4 Å². The van der Waals surface area contributed by atoms with Crippen LogP contribution in [-0.2, 0) is 29.9 Å². The number of aryl methyl sites for hydroxylation is 2. The molecule has 12 nitrogen and oxygen atoms in total. The summed E-state index contributed by atoms with van der Waals surface area (Å²) in [6.07, 6.45) is -1.83. The van der Waals surface area contributed by atoms with Crippen molar-refractivity contribution in [2.75, 3.05) is 17.6 Å². The lowest BCUT2D eigenvalue weighted by molar-refractivity contribution is 0.189. The van der Waals surface area contributed by atoms with Crippen molar-refractivity contribution in [1.29, 1.82) is 0 Å². The first-order valence-electron chi connectivity index (χ1n) is 15.3. The number of anilines is 1. The van der Waals surface area contributed by atoms with E-state index >= 15 is 4.39 Å². The molecule has 0 fully saturated rings. The Morgan fingerprint density at radius 1 is 0.962 bits per heavy atom. The molecule has 1 amide bonds. The van der Waals surface area contributed by atoms with Gasteiger partial charge in [0.1, 0.15) is 28.6 Å². The number of amides is 1. The van der Waals surface area contributed by atoms with Crippen molar-refractivity contribution in [3.05, 3.63) is 122 Å². The summed E-state index contributed by atoms with van der Waals surface area (Å²) in [4.78, 5) is 30.9. The highest BCUT2D eigenvalue weighted by atomic mass is 35.5. The van der Waals surface area contributed by atoms with Gasteiger partial charge in [0.05, 0.1) is 51.1 Å². The number of halogens is 5. The Morgan fingerprint density at radius 3 is 2.29 bits per heavy atom. The molecule has 1 atom stereocenters. The van der Waals surface area contributed by atoms with Gasteiger partial charge in [0.15, 0.2) is 11.6 Å². The van der Waals surface area contributed by atoms with Crippen LogP contribution in [0.4, 0.5) is 23.8 Å². The molecular formula is C34H27Cl2F3N6O6S. The van der Waals surface area contributed by atoms with Crippen LogP contribution in [0, 0.1) is 17.5 Å². The van der Waals surface area contributed by atoms with E-state index < -0.39 is 62.0 Å². The molecule has 18 heteroatoms. The lowest BCUT2D eigenvalue weighted by Crippen LogP contribution is -2.35. The fraction of sp³-hybridized carbons (Fsp3) is 0.176. The molecule has 0 aliphatic heterocycles. The number of nitrogens with zero attached hydrogens (tertiary/aromatic N) is 4. The molecule has 0 saturated heterocycles. The number of rotatable bonds is 11. The van der Waals surface area contributed by atoms with Crippen LogP contribution in [0.15, 0.2) is 71.5 Å². The van der Waals surface area contributed by atoms with E-state index in [9.17, 15) is 31.9 Å². The van der Waals surface area contributed by atoms with Gasteiger partial charge in [-0.05, 0) is 66.1 Å². The summed E-state index contributed by atoms with van der Waals surface area (Å²) in [6, 6.07) is 13.1. The minimum absolute atomic E-state index is 0.00699. The van der Waals surface area contributed by atoms with Gasteiger partial charge in [-0.2, -0.15) is 5.10 Å². The van der Waals surface area contributed by atoms with Crippen molar-refractivity contribution < 1.29 is 36.2 Å². The minimum atomic E-state index is -4.04. The highest BCUT2D eigenvalue weighted by molar-refractivity contribution is 7.92. The highest BCUT2D eigenvalue weighted by Crippen LogP contribution is 2.36. The van der Waals surface area contributed by atoms with Gasteiger partial charge in [0.25, 0.3) is 5.56 Å². The van der Waals surface area contributed by atoms with Gasteiger partial charge in [-0.1, -0.05) is 35.3 Å². The Kier molecular flexibility index (Phi) is 10.1. The molecule has 0 unspecified atom stereocenters. The Balaban J connectivity index is 1.52. The van der Waals surface area contributed by atoms with Gasteiger partial charge in [0, 0.05) is 19.5 Å². The van der Waals surface area contributed by atoms with Crippen molar-refractivity contribution in [1.82, 2.24) is 24.6 Å². The molecule has 0 spiro atoms. The van der Waals surface area contributed by atoms with E-state index in [0.717, 1.165) is 28.3 Å². The monoisotopic (exact) mass is 774 g/mol. The molecule has 3 N–H and O–H groups in total. The maximum atomic E-state index is 15.5. The Morgan fingerprint density at radius 2 is 1.63 bits per heavy atom. The normalized spacial score (nSPS) is 12.3. The molecule has 6 aromatic rings. The van der Waals surface area contributed by atoms with Crippen LogP contribution in [0.1, 0.15) is 23.0 Å². The molecule has 0 saturated carbocycles. The third-order valence-corrected chi connectivity index (χ3v) is 10.0. The first kappa shape index (κ1) is 36.5. The number of nitrogens with one attached hydrogen (secondary N) is 2. The zero-order chi connectivity index (χ0) is 37.5. The average Bonchev–Trinajstić information content (AvgIpc) is 3.40. The second-order valence-corrected chi connectivity index (χ2v) is 14.3. The Bertz CT molecular complexity index is 2530. The predicted octanol–water partition coefficient (Wildman–Crippen LogP) is 6.54. The number of aromatic nitrogens is 4. The van der Waals surface area contributed by atoms with Gasteiger partial charge in [-0.25, -0.2) is 31.4 Å². The number of carbonyl (C=O) groups is 1. The number of methoxy groups -OCH3 is 1. The maximum Gasteiger partial charge on any atom is 0.405 e. The molecule has 0 bridgehead atoms. The van der Waals surface area contributed by atoms with Crippen LogP contribution in [0.3, 0.4) is 0 Å². The standard InChI is InChI=1S/C34H27Cl2F3N6O6S/c1-44-30-26(10-8-22(35)27(30)31(42-44)43-52(49,50)12-11-17-3-5-21(51-2)6-4-17)45-32(40-24-9-7-23(36)29(39)28(24)33(45)46)25(41-34(47)48)15-18-13-19(37)16-20(38)14-18/h3-10,13-14,16,25,41H,11-12,15H2,1-2H3,(H,42,43)(H,47,48)/t25-/m0/s1. The number of ether oxygens (including phenoxy) is 1. The minimum Gasteiger partial charge on any atom is -0.497 e. The average molecular weight is 776 g/mol. The molecule has 52 heavy (non-hydrogen) atoms. The quantitative estimate of drug-likeness (QED) is 0.134. The summed E-state index contributed by atoms with van der Waals surface area (Å²) < 4.78 is 80.2. The van der Waals surface area contributed by atoms with E-state index in [2.05, 4.69) is 20.1 Å². The lowest BCUT2D eigenvalue weighted by atomic mass is 10.0. The first-order chi connectivity index (χ1) is 24.6. The van der Waals surface area contributed by atoms with E-state index in [-0.39, 0.29) is 56.5 Å². The Hall–Kier alpha value is -5.32. The molecule has 0 aliphatic rings. The molecule has 4 aromatic carbocycles. The number of carboxylic acid groups (broad SMARTS) is 1. The lowest BCUT2D eigenvalue weighted by Gasteiger charge is -2.23. The van der Waals surface area contributed by atoms with Crippen LogP contribution in [0.5, 0.6) is 5.75 Å². The van der Waals surface area contributed by atoms with Crippen LogP contribution >= 0.6 is 23.2 Å². The first-order valence-corrected chi connectivity index (χ1v) is 17.7. The van der Waals surface area contributed by atoms with Gasteiger partial charge >= 0.3 is 6.09 Å². The summed E-state index contributed by atoms with van der Waals surface area (Å²) in [5, 5.41) is 15.5. The molecular weight excluding hydrogens is 748 g/mol. The maximum absolute atomic E-state index is 15.5. The third kappa shape index (κ3) is 7.35. The number of fused-ring (bicyclic) bond motifs is 2. The molecule has 270 valence electrons. The van der Waals surface area contributed by atoms with Crippen LogP contribution in [0.25, 0.3) is 27.5 Å². The molecule has 0 radical (unpaired) electrons. The van der Waals surface area contributed by atoms with Crippen molar-refractivity contribution >= 4 is 66.9 Å². The summed E-state index contributed by atoms with van der Waals surface area (Å²) in [7, 11) is -1.09. The SMILES string of the molecule is COc1ccc(CCS(=O)(=O)Nc2nn(C)c3c(-n4c([C@H](Cc5cc(F)cc(F)c5)NC(=O)O)nc5ccc(Cl)c(F)c5c4=O)ccc(Cl)c23)cc1. The van der Waals surface area contributed by atoms with Crippen molar-refractivity contribution in [3.63, 3.8) is 0 Å². The van der Waals surface area contributed by atoms with E-state index in [1.54, 1.807) is 24.3 Å². The van der Waals surface area contributed by atoms with E-state index in [4.69, 9.17) is 27.9 Å². The van der Waals surface area contributed by atoms with Crippen LogP contribution in [-0.4, -0.2) is 51.8 Å². The van der Waals surface area contributed by atoms with E-state index in [1.807, 2.05) is 0 Å². The summed E-state index contributed by atoms with van der Waals surface area (Å²) >= 11 is 12.6. The third-order valence-electron chi connectivity index (χ3n) is 8.15. The number of hydrogen-bond donors (Lipinski definition) is 3. The van der Waals surface area contributed by atoms with E-state index in [0.29, 0.717) is 11.8 Å². The van der Waals surface area contributed by atoms with E-state index in [1.165, 1.54) is 37.0 Å². The largest absolute Gasteiger partial charge is 0.497 e. The zero-order valence-electron chi connectivity index (χ0n) is 27.1. The number of hydrogen-bond acceptors (Lipinski definition) is 7. The van der Waals surface area contributed by atoms with Crippen LogP contribution < -0.4 is 20.3 Å². The van der Waals surface area contributed by atoms with Crippen LogP contribution in [0.2, 0.25) is 10.0 Å². The molecule has 6 rings (SSSR count). The van der Waals surface area contributed by atoms with Gasteiger partial charge in [-0.15, -0.1) is 0 Å². The smallest absolute Gasteiger partial charge is 0.405 e. The summed E-state index contributed by atoms with van der Waals surface area (Å²) in [6.45, 7) is 0. The molecule has 0 aliphatic carbocycles.